The highest BCUT2D eigenvalue weighted by molar-refractivity contribution is 5.78. The first-order valence-corrected chi connectivity index (χ1v) is 4.65. The number of aliphatic hydroxyl groups excluding tert-OH is 1. The van der Waals surface area contributed by atoms with Crippen LogP contribution in [0.15, 0.2) is 28.7 Å². The lowest BCUT2D eigenvalue weighted by atomic mass is 10.1. The molecule has 0 saturated heterocycles. The van der Waals surface area contributed by atoms with Crippen molar-refractivity contribution in [2.45, 2.75) is 13.0 Å². The van der Waals surface area contributed by atoms with Gasteiger partial charge in [-0.25, -0.2) is 0 Å². The van der Waals surface area contributed by atoms with Gasteiger partial charge in [-0.1, -0.05) is 11.6 Å². The molecule has 14 heavy (non-hydrogen) atoms. The monoisotopic (exact) mass is 192 g/mol. The Morgan fingerprint density at radius 1 is 1.43 bits per heavy atom. The second-order valence-corrected chi connectivity index (χ2v) is 3.57. The second-order valence-electron chi connectivity index (χ2n) is 3.57. The van der Waals surface area contributed by atoms with Crippen LogP contribution in [0.25, 0.3) is 11.0 Å². The van der Waals surface area contributed by atoms with Gasteiger partial charge in [0.2, 0.25) is 0 Å². The average Bonchev–Trinajstić information content (AvgIpc) is 2.59. The maximum Gasteiger partial charge on any atom is 0.166 e. The topological polar surface area (TPSA) is 61.0 Å². The van der Waals surface area contributed by atoms with Gasteiger partial charge in [0.05, 0.1) is 0 Å². The van der Waals surface area contributed by atoms with Gasteiger partial charge in [0.25, 0.3) is 0 Å². The molecule has 1 aromatic heterocycles. The van der Waals surface area contributed by atoms with E-state index in [1.54, 1.807) is 0 Å². The summed E-state index contributed by atoms with van der Waals surface area (Å²) in [6, 6.07) is 7.77. The van der Waals surface area contributed by atoms with Crippen molar-refractivity contribution in [3.05, 3.63) is 35.6 Å². The van der Waals surface area contributed by atoms with Crippen molar-refractivity contribution in [3.8, 4) is 0 Å². The fourth-order valence-corrected chi connectivity index (χ4v) is 1.47. The van der Waals surface area contributed by atoms with Crippen LogP contribution in [-0.2, 0) is 0 Å². The Bertz CT molecular complexity index is 447. The molecule has 0 aliphatic heterocycles. The average molecular weight is 192 g/mol. The van der Waals surface area contributed by atoms with E-state index in [0.29, 0.717) is 0 Å². The van der Waals surface area contributed by atoms with E-state index in [9.17, 15) is 0 Å². The predicted molar refractivity (Wildman–Crippen MR) is 53.7 cm³/mol. The third kappa shape index (κ3) is 1.52. The van der Waals surface area contributed by atoms with Crippen LogP contribution in [0.1, 0.15) is 17.4 Å². The molecule has 0 saturated carbocycles. The van der Waals surface area contributed by atoms with E-state index in [2.05, 4.69) is 11.8 Å². The molecule has 1 heterocycles. The van der Waals surface area contributed by atoms with Gasteiger partial charge in [0, 0.05) is 5.39 Å². The molecule has 3 heteroatoms. The molecule has 2 aromatic rings. The summed E-state index contributed by atoms with van der Waals surface area (Å²) in [5, 5.41) is 10.0. The maximum absolute atomic E-state index is 8.95. The van der Waals surface area contributed by atoms with E-state index in [-0.39, 0.29) is 12.6 Å². The summed E-state index contributed by atoms with van der Waals surface area (Å²) in [6.07, 6.45) is 0. The fourth-order valence-electron chi connectivity index (χ4n) is 1.47. The first kappa shape index (κ1) is 9.24. The number of benzene rings is 1. The molecule has 2 rings (SSSR count). The Balaban J connectivity index is 2.51. The molecule has 0 spiro atoms. The lowest BCUT2D eigenvalue weighted by Gasteiger charge is -1.97. The molecule has 0 unspecified atom stereocenters. The van der Waals surface area contributed by atoms with E-state index in [1.165, 1.54) is 5.56 Å². The van der Waals surface area contributed by atoms with Crippen molar-refractivity contribution in [3.63, 3.8) is 0 Å². The number of aryl methyl sites for hydroxylation is 1. The van der Waals surface area contributed by atoms with Crippen molar-refractivity contribution >= 4 is 11.0 Å². The van der Waals surface area contributed by atoms with Crippen molar-refractivity contribution < 1.29 is 15.3 Å². The fraction of sp³-hybridized carbons (Fsp3) is 0.273. The zero-order valence-electron chi connectivity index (χ0n) is 8.16. The molecular weight excluding hydrogens is 178 g/mol. The SMILES string of the molecule is Cc1ccc2oc([C@H]([NH3+])CO)cc2c1. The summed E-state index contributed by atoms with van der Waals surface area (Å²) in [5.41, 5.74) is 5.86. The number of hydrogen-bond acceptors (Lipinski definition) is 2. The number of aliphatic hydroxyl groups is 1. The molecular formula is C11H14NO2+. The van der Waals surface area contributed by atoms with Crippen LogP contribution in [0.3, 0.4) is 0 Å². The minimum Gasteiger partial charge on any atom is -0.455 e. The number of fused-ring (bicyclic) bond motifs is 1. The lowest BCUT2D eigenvalue weighted by Crippen LogP contribution is -2.55. The maximum atomic E-state index is 8.95. The van der Waals surface area contributed by atoms with E-state index >= 15 is 0 Å². The van der Waals surface area contributed by atoms with Crippen LogP contribution in [0.5, 0.6) is 0 Å². The predicted octanol–water partition coefficient (Wildman–Crippen LogP) is 1.02. The molecule has 1 aromatic carbocycles. The molecule has 0 amide bonds. The van der Waals surface area contributed by atoms with Crippen LogP contribution in [-0.4, -0.2) is 11.7 Å². The summed E-state index contributed by atoms with van der Waals surface area (Å²) in [5.74, 6) is 0.744. The van der Waals surface area contributed by atoms with Gasteiger partial charge >= 0.3 is 0 Å². The smallest absolute Gasteiger partial charge is 0.166 e. The molecule has 3 nitrogen and oxygen atoms in total. The number of furan rings is 1. The standard InChI is InChI=1S/C11H13NO2/c1-7-2-3-10-8(4-7)5-11(14-10)9(12)6-13/h2-5,9,13H,6,12H2,1H3/p+1/t9-/m1/s1. The van der Waals surface area contributed by atoms with Gasteiger partial charge in [-0.15, -0.1) is 0 Å². The minimum absolute atomic E-state index is 0.0127. The molecule has 0 aliphatic rings. The Hall–Kier alpha value is -1.32. The van der Waals surface area contributed by atoms with Crippen molar-refractivity contribution in [2.24, 2.45) is 0 Å². The zero-order valence-corrected chi connectivity index (χ0v) is 8.16. The Labute approximate surface area is 82.1 Å². The Morgan fingerprint density at radius 3 is 2.93 bits per heavy atom. The van der Waals surface area contributed by atoms with Gasteiger partial charge < -0.3 is 15.3 Å². The van der Waals surface area contributed by atoms with Crippen molar-refractivity contribution in [1.29, 1.82) is 0 Å². The van der Waals surface area contributed by atoms with Gasteiger partial charge in [-0.05, 0) is 25.1 Å². The van der Waals surface area contributed by atoms with Crippen LogP contribution >= 0.6 is 0 Å². The van der Waals surface area contributed by atoms with Gasteiger partial charge in [-0.2, -0.15) is 0 Å². The molecule has 0 radical (unpaired) electrons. The summed E-state index contributed by atoms with van der Waals surface area (Å²) >= 11 is 0. The highest BCUT2D eigenvalue weighted by Crippen LogP contribution is 2.22. The number of quaternary nitrogens is 1. The van der Waals surface area contributed by atoms with E-state index in [1.807, 2.05) is 25.1 Å². The Morgan fingerprint density at radius 2 is 2.21 bits per heavy atom. The highest BCUT2D eigenvalue weighted by Gasteiger charge is 2.13. The van der Waals surface area contributed by atoms with Gasteiger partial charge in [0.15, 0.2) is 11.8 Å². The van der Waals surface area contributed by atoms with Gasteiger partial charge in [-0.3, -0.25) is 0 Å². The van der Waals surface area contributed by atoms with E-state index < -0.39 is 0 Å². The number of hydrogen-bond donors (Lipinski definition) is 2. The van der Waals surface area contributed by atoms with Crippen LogP contribution in [0.4, 0.5) is 0 Å². The van der Waals surface area contributed by atoms with Crippen molar-refractivity contribution in [2.75, 3.05) is 6.61 Å². The van der Waals surface area contributed by atoms with Crippen molar-refractivity contribution in [1.82, 2.24) is 0 Å². The minimum atomic E-state index is -0.178. The summed E-state index contributed by atoms with van der Waals surface area (Å²) in [6.45, 7) is 2.05. The third-order valence-corrected chi connectivity index (χ3v) is 2.31. The van der Waals surface area contributed by atoms with E-state index in [0.717, 1.165) is 16.7 Å². The summed E-state index contributed by atoms with van der Waals surface area (Å²) in [4.78, 5) is 0. The molecule has 0 fully saturated rings. The first-order valence-electron chi connectivity index (χ1n) is 4.65. The molecule has 0 aliphatic carbocycles. The third-order valence-electron chi connectivity index (χ3n) is 2.31. The first-order chi connectivity index (χ1) is 6.70. The Kier molecular flexibility index (Phi) is 2.27. The lowest BCUT2D eigenvalue weighted by molar-refractivity contribution is -0.435. The highest BCUT2D eigenvalue weighted by atomic mass is 16.3. The molecule has 4 N–H and O–H groups in total. The summed E-state index contributed by atoms with van der Waals surface area (Å²) < 4.78 is 5.55. The molecule has 74 valence electrons. The largest absolute Gasteiger partial charge is 0.455 e. The molecule has 1 atom stereocenters. The molecule has 0 bridgehead atoms. The normalized spacial score (nSPS) is 13.4. The summed E-state index contributed by atoms with van der Waals surface area (Å²) in [7, 11) is 0. The van der Waals surface area contributed by atoms with Crippen LogP contribution < -0.4 is 5.73 Å². The second kappa shape index (κ2) is 3.44. The number of rotatable bonds is 2. The van der Waals surface area contributed by atoms with E-state index in [4.69, 9.17) is 9.52 Å². The van der Waals surface area contributed by atoms with Crippen LogP contribution in [0, 0.1) is 6.92 Å². The quantitative estimate of drug-likeness (QED) is 0.746. The van der Waals surface area contributed by atoms with Gasteiger partial charge in [0.1, 0.15) is 12.2 Å². The van der Waals surface area contributed by atoms with Crippen LogP contribution in [0.2, 0.25) is 0 Å². The zero-order chi connectivity index (χ0) is 10.1.